The molecule has 26 heavy (non-hydrogen) atoms. The second-order valence-corrected chi connectivity index (χ2v) is 6.76. The van der Waals surface area contributed by atoms with Gasteiger partial charge in [-0.15, -0.1) is 5.10 Å². The van der Waals surface area contributed by atoms with Gasteiger partial charge in [0.15, 0.2) is 5.82 Å². The van der Waals surface area contributed by atoms with E-state index in [0.717, 1.165) is 50.6 Å². The first-order chi connectivity index (χ1) is 12.7. The van der Waals surface area contributed by atoms with Gasteiger partial charge in [0.05, 0.1) is 6.20 Å². The van der Waals surface area contributed by atoms with E-state index in [1.165, 1.54) is 18.5 Å². The molecule has 1 aromatic heterocycles. The van der Waals surface area contributed by atoms with Crippen LogP contribution in [0.5, 0.6) is 0 Å². The van der Waals surface area contributed by atoms with Crippen LogP contribution in [0.2, 0.25) is 0 Å². The number of anilines is 4. The molecule has 1 fully saturated rings. The summed E-state index contributed by atoms with van der Waals surface area (Å²) < 4.78 is 0. The number of likely N-dealkylation sites (N-methyl/N-ethyl adjacent to an activating group) is 1. The molecule has 1 aliphatic rings. The van der Waals surface area contributed by atoms with Crippen LogP contribution >= 0.6 is 0 Å². The Bertz CT molecular complexity index is 666. The maximum atomic E-state index is 4.47. The summed E-state index contributed by atoms with van der Waals surface area (Å²) in [4.78, 5) is 9.25. The van der Waals surface area contributed by atoms with Gasteiger partial charge < -0.3 is 20.4 Å². The predicted molar refractivity (Wildman–Crippen MR) is 107 cm³/mol. The fraction of sp³-hybridized carbons (Fsp3) is 0.526. The van der Waals surface area contributed by atoms with Gasteiger partial charge in [-0.1, -0.05) is 19.8 Å². The summed E-state index contributed by atoms with van der Waals surface area (Å²) in [6.45, 7) is 7.47. The summed E-state index contributed by atoms with van der Waals surface area (Å²) in [5.41, 5.74) is 2.22. The lowest BCUT2D eigenvalue weighted by atomic mass is 10.2. The minimum Gasteiger partial charge on any atom is -0.369 e. The highest BCUT2D eigenvalue weighted by atomic mass is 15.3. The second-order valence-electron chi connectivity index (χ2n) is 6.76. The summed E-state index contributed by atoms with van der Waals surface area (Å²) >= 11 is 0. The molecule has 0 atom stereocenters. The van der Waals surface area contributed by atoms with E-state index in [9.17, 15) is 0 Å². The van der Waals surface area contributed by atoms with Crippen molar-refractivity contribution in [2.24, 2.45) is 0 Å². The number of hydrogen-bond acceptors (Lipinski definition) is 7. The van der Waals surface area contributed by atoms with Crippen LogP contribution in [0.4, 0.5) is 23.1 Å². The van der Waals surface area contributed by atoms with Crippen molar-refractivity contribution in [2.75, 3.05) is 55.3 Å². The lowest BCUT2D eigenvalue weighted by Gasteiger charge is -2.34. The van der Waals surface area contributed by atoms with Crippen LogP contribution in [-0.4, -0.2) is 59.9 Å². The fourth-order valence-corrected chi connectivity index (χ4v) is 2.98. The van der Waals surface area contributed by atoms with E-state index in [0.29, 0.717) is 5.95 Å². The first-order valence-corrected chi connectivity index (χ1v) is 9.49. The number of nitrogens with one attached hydrogen (secondary N) is 2. The molecule has 2 aromatic rings. The molecular formula is C19H29N7. The number of piperazine rings is 1. The highest BCUT2D eigenvalue weighted by Gasteiger charge is 2.14. The molecule has 0 radical (unpaired) electrons. The molecule has 2 heterocycles. The summed E-state index contributed by atoms with van der Waals surface area (Å²) in [5.74, 6) is 1.27. The topological polar surface area (TPSA) is 69.2 Å². The third kappa shape index (κ3) is 5.29. The van der Waals surface area contributed by atoms with Gasteiger partial charge in [0.25, 0.3) is 0 Å². The summed E-state index contributed by atoms with van der Waals surface area (Å²) in [6, 6.07) is 8.43. The molecule has 1 saturated heterocycles. The average molecular weight is 355 g/mol. The van der Waals surface area contributed by atoms with Crippen molar-refractivity contribution in [1.82, 2.24) is 20.1 Å². The minimum atomic E-state index is 0.512. The molecule has 0 amide bonds. The number of hydrogen-bond donors (Lipinski definition) is 2. The third-order valence-electron chi connectivity index (χ3n) is 4.64. The van der Waals surface area contributed by atoms with E-state index in [1.54, 1.807) is 6.20 Å². The molecule has 2 N–H and O–H groups in total. The average Bonchev–Trinajstić information content (AvgIpc) is 2.67. The van der Waals surface area contributed by atoms with Gasteiger partial charge in [0, 0.05) is 44.1 Å². The number of benzene rings is 1. The maximum absolute atomic E-state index is 4.47. The fourth-order valence-electron chi connectivity index (χ4n) is 2.98. The van der Waals surface area contributed by atoms with Crippen molar-refractivity contribution < 1.29 is 0 Å². The van der Waals surface area contributed by atoms with E-state index >= 15 is 0 Å². The number of aromatic nitrogens is 3. The highest BCUT2D eigenvalue weighted by Crippen LogP contribution is 2.21. The van der Waals surface area contributed by atoms with Crippen molar-refractivity contribution in [3.63, 3.8) is 0 Å². The molecule has 1 aromatic carbocycles. The smallest absolute Gasteiger partial charge is 0.249 e. The van der Waals surface area contributed by atoms with Crippen LogP contribution in [0, 0.1) is 0 Å². The van der Waals surface area contributed by atoms with E-state index in [2.05, 4.69) is 73.9 Å². The van der Waals surface area contributed by atoms with Gasteiger partial charge in [0.2, 0.25) is 5.95 Å². The normalized spacial score (nSPS) is 15.1. The summed E-state index contributed by atoms with van der Waals surface area (Å²) in [7, 11) is 2.17. The molecule has 3 rings (SSSR count). The third-order valence-corrected chi connectivity index (χ3v) is 4.64. The van der Waals surface area contributed by atoms with Crippen LogP contribution < -0.4 is 15.5 Å². The second kappa shape index (κ2) is 9.33. The molecule has 0 spiro atoms. The Hall–Kier alpha value is -2.41. The van der Waals surface area contributed by atoms with E-state index in [4.69, 9.17) is 0 Å². The zero-order chi connectivity index (χ0) is 18.2. The standard InChI is InChI=1S/C19H29N7/c1-3-4-5-10-20-18-15-21-24-19(23-18)22-16-6-8-17(9-7-16)26-13-11-25(2)12-14-26/h6-9,15H,3-5,10-14H2,1-2H3,(H2,20,22,23,24). The van der Waals surface area contributed by atoms with Crippen molar-refractivity contribution >= 4 is 23.1 Å². The van der Waals surface area contributed by atoms with E-state index in [-0.39, 0.29) is 0 Å². The Kier molecular flexibility index (Phi) is 6.60. The molecule has 7 nitrogen and oxygen atoms in total. The van der Waals surface area contributed by atoms with Gasteiger partial charge in [-0.05, 0) is 37.7 Å². The molecule has 1 aliphatic heterocycles. The van der Waals surface area contributed by atoms with Crippen molar-refractivity contribution in [1.29, 1.82) is 0 Å². The zero-order valence-electron chi connectivity index (χ0n) is 15.8. The summed E-state index contributed by atoms with van der Waals surface area (Å²) in [6.07, 6.45) is 5.22. The molecular weight excluding hydrogens is 326 g/mol. The first kappa shape index (κ1) is 18.4. The monoisotopic (exact) mass is 355 g/mol. The molecule has 0 saturated carbocycles. The number of unbranched alkanes of at least 4 members (excludes halogenated alkanes) is 2. The first-order valence-electron chi connectivity index (χ1n) is 9.49. The van der Waals surface area contributed by atoms with E-state index in [1.807, 2.05) is 0 Å². The van der Waals surface area contributed by atoms with Crippen molar-refractivity contribution in [2.45, 2.75) is 26.2 Å². The van der Waals surface area contributed by atoms with Gasteiger partial charge in [-0.2, -0.15) is 10.1 Å². The molecule has 0 bridgehead atoms. The number of rotatable bonds is 8. The van der Waals surface area contributed by atoms with E-state index < -0.39 is 0 Å². The van der Waals surface area contributed by atoms with Crippen molar-refractivity contribution in [3.05, 3.63) is 30.5 Å². The van der Waals surface area contributed by atoms with Gasteiger partial charge >= 0.3 is 0 Å². The molecule has 0 unspecified atom stereocenters. The quantitative estimate of drug-likeness (QED) is 0.706. The largest absolute Gasteiger partial charge is 0.369 e. The minimum absolute atomic E-state index is 0.512. The SMILES string of the molecule is CCCCCNc1cnnc(Nc2ccc(N3CCN(C)CC3)cc2)n1. The Labute approximate surface area is 155 Å². The zero-order valence-corrected chi connectivity index (χ0v) is 15.8. The number of nitrogens with zero attached hydrogens (tertiary/aromatic N) is 5. The lowest BCUT2D eigenvalue weighted by Crippen LogP contribution is -2.44. The molecule has 7 heteroatoms. The maximum Gasteiger partial charge on any atom is 0.249 e. The van der Waals surface area contributed by atoms with Crippen LogP contribution in [0.25, 0.3) is 0 Å². The lowest BCUT2D eigenvalue weighted by molar-refractivity contribution is 0.313. The van der Waals surface area contributed by atoms with Gasteiger partial charge in [0.1, 0.15) is 0 Å². The molecule has 140 valence electrons. The van der Waals surface area contributed by atoms with Crippen LogP contribution in [-0.2, 0) is 0 Å². The molecule has 0 aliphatic carbocycles. The Morgan fingerprint density at radius 1 is 1.04 bits per heavy atom. The Morgan fingerprint density at radius 3 is 2.54 bits per heavy atom. The van der Waals surface area contributed by atoms with Crippen LogP contribution in [0.15, 0.2) is 30.5 Å². The highest BCUT2D eigenvalue weighted by molar-refractivity contribution is 5.59. The van der Waals surface area contributed by atoms with Crippen LogP contribution in [0.1, 0.15) is 26.2 Å². The Morgan fingerprint density at radius 2 is 1.81 bits per heavy atom. The van der Waals surface area contributed by atoms with Crippen molar-refractivity contribution in [3.8, 4) is 0 Å². The van der Waals surface area contributed by atoms with Gasteiger partial charge in [-0.25, -0.2) is 0 Å². The van der Waals surface area contributed by atoms with Crippen LogP contribution in [0.3, 0.4) is 0 Å². The summed E-state index contributed by atoms with van der Waals surface area (Å²) in [5, 5.41) is 14.6. The van der Waals surface area contributed by atoms with Gasteiger partial charge in [-0.3, -0.25) is 0 Å². The Balaban J connectivity index is 1.55. The predicted octanol–water partition coefficient (Wildman–Crippen LogP) is 2.97.